The lowest BCUT2D eigenvalue weighted by molar-refractivity contribution is 0.0523. The maximum atomic E-state index is 11.3. The second-order valence-corrected chi connectivity index (χ2v) is 2.56. The lowest BCUT2D eigenvalue weighted by atomic mass is 10.3. The fourth-order valence-electron chi connectivity index (χ4n) is 0.962. The van der Waals surface area contributed by atoms with Gasteiger partial charge in [-0.15, -0.1) is 0 Å². The van der Waals surface area contributed by atoms with Crippen molar-refractivity contribution in [2.24, 2.45) is 7.05 Å². The molecule has 1 aromatic heterocycles. The van der Waals surface area contributed by atoms with Crippen molar-refractivity contribution >= 4 is 5.97 Å². The minimum Gasteiger partial charge on any atom is -0.462 e. The molecule has 0 bridgehead atoms. The Morgan fingerprint density at radius 2 is 2.31 bits per heavy atom. The van der Waals surface area contributed by atoms with Gasteiger partial charge in [0.1, 0.15) is 5.56 Å². The first-order valence-electron chi connectivity index (χ1n) is 3.99. The van der Waals surface area contributed by atoms with Crippen molar-refractivity contribution in [2.75, 3.05) is 6.61 Å². The average Bonchev–Trinajstić information content (AvgIpc) is 2.10. The monoisotopic (exact) mass is 181 g/mol. The molecule has 0 aliphatic carbocycles. The van der Waals surface area contributed by atoms with Crippen LogP contribution in [-0.2, 0) is 11.8 Å². The van der Waals surface area contributed by atoms with Crippen LogP contribution in [0.5, 0.6) is 0 Å². The Bertz CT molecular complexity index is 367. The van der Waals surface area contributed by atoms with E-state index in [1.165, 1.54) is 10.6 Å². The number of carbonyl (C=O) groups is 1. The molecule has 0 atom stereocenters. The molecule has 70 valence electrons. The highest BCUT2D eigenvalue weighted by molar-refractivity contribution is 5.88. The molecule has 1 rings (SSSR count). The molecule has 0 N–H and O–H groups in total. The number of hydrogen-bond acceptors (Lipinski definition) is 3. The van der Waals surface area contributed by atoms with Gasteiger partial charge in [0, 0.05) is 13.2 Å². The zero-order valence-electron chi connectivity index (χ0n) is 7.61. The summed E-state index contributed by atoms with van der Waals surface area (Å²) in [6.07, 6.45) is 1.59. The third-order valence-corrected chi connectivity index (χ3v) is 1.62. The molecule has 0 fully saturated rings. The molecule has 1 aromatic rings. The van der Waals surface area contributed by atoms with Gasteiger partial charge in [-0.2, -0.15) is 0 Å². The minimum absolute atomic E-state index is 0.0758. The molecule has 13 heavy (non-hydrogen) atoms. The number of aromatic nitrogens is 1. The second kappa shape index (κ2) is 3.89. The van der Waals surface area contributed by atoms with Crippen LogP contribution in [0.25, 0.3) is 0 Å². The molecular weight excluding hydrogens is 170 g/mol. The summed E-state index contributed by atoms with van der Waals surface area (Å²) in [7, 11) is 1.59. The van der Waals surface area contributed by atoms with Crippen molar-refractivity contribution in [3.05, 3.63) is 34.2 Å². The normalized spacial score (nSPS) is 9.69. The SMILES string of the molecule is CCOC(=O)c1cccn(C)c1=O. The summed E-state index contributed by atoms with van der Waals surface area (Å²) in [5.74, 6) is -0.566. The molecule has 0 unspecified atom stereocenters. The third kappa shape index (κ3) is 1.96. The highest BCUT2D eigenvalue weighted by atomic mass is 16.5. The Balaban J connectivity index is 3.08. The molecule has 1 heterocycles. The number of ether oxygens (including phenoxy) is 1. The standard InChI is InChI=1S/C9H11NO3/c1-3-13-9(12)7-5-4-6-10(2)8(7)11/h4-6H,3H2,1-2H3. The van der Waals surface area contributed by atoms with Crippen molar-refractivity contribution in [2.45, 2.75) is 6.92 Å². The van der Waals surface area contributed by atoms with E-state index < -0.39 is 5.97 Å². The molecule has 0 aromatic carbocycles. The van der Waals surface area contributed by atoms with E-state index in [2.05, 4.69) is 0 Å². The molecule has 0 aliphatic heterocycles. The van der Waals surface area contributed by atoms with Crippen LogP contribution >= 0.6 is 0 Å². The Hall–Kier alpha value is -1.58. The van der Waals surface area contributed by atoms with E-state index >= 15 is 0 Å². The molecule has 0 amide bonds. The number of pyridine rings is 1. The fourth-order valence-corrected chi connectivity index (χ4v) is 0.962. The maximum Gasteiger partial charge on any atom is 0.343 e. The van der Waals surface area contributed by atoms with E-state index in [9.17, 15) is 9.59 Å². The van der Waals surface area contributed by atoms with Crippen LogP contribution in [0, 0.1) is 0 Å². The predicted molar refractivity (Wildman–Crippen MR) is 47.6 cm³/mol. The quantitative estimate of drug-likeness (QED) is 0.626. The van der Waals surface area contributed by atoms with Crippen molar-refractivity contribution in [1.29, 1.82) is 0 Å². The zero-order chi connectivity index (χ0) is 9.84. The van der Waals surface area contributed by atoms with Crippen LogP contribution in [0.3, 0.4) is 0 Å². The van der Waals surface area contributed by atoms with E-state index in [1.54, 1.807) is 26.2 Å². The van der Waals surface area contributed by atoms with Gasteiger partial charge in [0.15, 0.2) is 0 Å². The van der Waals surface area contributed by atoms with Gasteiger partial charge in [-0.1, -0.05) is 0 Å². The van der Waals surface area contributed by atoms with Gasteiger partial charge in [-0.25, -0.2) is 4.79 Å². The minimum atomic E-state index is -0.566. The first-order chi connectivity index (χ1) is 6.16. The number of esters is 1. The van der Waals surface area contributed by atoms with Gasteiger partial charge in [-0.05, 0) is 19.1 Å². The lowest BCUT2D eigenvalue weighted by Crippen LogP contribution is -2.24. The third-order valence-electron chi connectivity index (χ3n) is 1.62. The van der Waals surface area contributed by atoms with Crippen LogP contribution in [-0.4, -0.2) is 17.1 Å². The van der Waals surface area contributed by atoms with Crippen LogP contribution in [0.1, 0.15) is 17.3 Å². The van der Waals surface area contributed by atoms with Crippen LogP contribution in [0.15, 0.2) is 23.1 Å². The maximum absolute atomic E-state index is 11.3. The van der Waals surface area contributed by atoms with Crippen molar-refractivity contribution < 1.29 is 9.53 Å². The highest BCUT2D eigenvalue weighted by Crippen LogP contribution is 1.94. The van der Waals surface area contributed by atoms with Gasteiger partial charge in [-0.3, -0.25) is 4.79 Å². The summed E-state index contributed by atoms with van der Waals surface area (Å²) in [5.41, 5.74) is -0.257. The molecule has 0 aliphatic rings. The summed E-state index contributed by atoms with van der Waals surface area (Å²) < 4.78 is 6.05. The van der Waals surface area contributed by atoms with Gasteiger partial charge in [0.05, 0.1) is 6.61 Å². The Morgan fingerprint density at radius 1 is 1.62 bits per heavy atom. The van der Waals surface area contributed by atoms with Crippen LogP contribution in [0.4, 0.5) is 0 Å². The average molecular weight is 181 g/mol. The van der Waals surface area contributed by atoms with Gasteiger partial charge >= 0.3 is 5.97 Å². The van der Waals surface area contributed by atoms with Gasteiger partial charge in [0.2, 0.25) is 0 Å². The van der Waals surface area contributed by atoms with Crippen LogP contribution in [0.2, 0.25) is 0 Å². The predicted octanol–water partition coefficient (Wildman–Crippen LogP) is 0.562. The first kappa shape index (κ1) is 9.51. The largest absolute Gasteiger partial charge is 0.462 e. The van der Waals surface area contributed by atoms with Crippen molar-refractivity contribution in [1.82, 2.24) is 4.57 Å². The molecule has 0 radical (unpaired) electrons. The van der Waals surface area contributed by atoms with Crippen molar-refractivity contribution in [3.8, 4) is 0 Å². The topological polar surface area (TPSA) is 48.3 Å². The van der Waals surface area contributed by atoms with Gasteiger partial charge in [0.25, 0.3) is 5.56 Å². The number of rotatable bonds is 2. The summed E-state index contributed by atoms with van der Waals surface area (Å²) in [6.45, 7) is 1.97. The van der Waals surface area contributed by atoms with Crippen LogP contribution < -0.4 is 5.56 Å². The van der Waals surface area contributed by atoms with Gasteiger partial charge < -0.3 is 9.30 Å². The molecule has 0 saturated carbocycles. The summed E-state index contributed by atoms with van der Waals surface area (Å²) in [4.78, 5) is 22.5. The van der Waals surface area contributed by atoms with Crippen molar-refractivity contribution in [3.63, 3.8) is 0 Å². The van der Waals surface area contributed by atoms with E-state index in [1.807, 2.05) is 0 Å². The molecule has 0 spiro atoms. The number of hydrogen-bond donors (Lipinski definition) is 0. The summed E-state index contributed by atoms with van der Waals surface area (Å²) in [5, 5.41) is 0. The lowest BCUT2D eigenvalue weighted by Gasteiger charge is -2.01. The summed E-state index contributed by atoms with van der Waals surface area (Å²) >= 11 is 0. The summed E-state index contributed by atoms with van der Waals surface area (Å²) in [6, 6.07) is 3.09. The molecule has 4 heteroatoms. The number of carbonyl (C=O) groups excluding carboxylic acids is 1. The number of nitrogens with zero attached hydrogens (tertiary/aromatic N) is 1. The van der Waals surface area contributed by atoms with E-state index in [0.717, 1.165) is 0 Å². The number of aryl methyl sites for hydroxylation is 1. The Kier molecular flexibility index (Phi) is 2.84. The molecule has 4 nitrogen and oxygen atoms in total. The second-order valence-electron chi connectivity index (χ2n) is 2.56. The molecular formula is C9H11NO3. The highest BCUT2D eigenvalue weighted by Gasteiger charge is 2.10. The Labute approximate surface area is 75.8 Å². The Morgan fingerprint density at radius 3 is 2.92 bits per heavy atom. The zero-order valence-corrected chi connectivity index (χ0v) is 7.61. The smallest absolute Gasteiger partial charge is 0.343 e. The first-order valence-corrected chi connectivity index (χ1v) is 3.99. The molecule has 0 saturated heterocycles. The van der Waals surface area contributed by atoms with E-state index in [4.69, 9.17) is 4.74 Å². The fraction of sp³-hybridized carbons (Fsp3) is 0.333. The van der Waals surface area contributed by atoms with E-state index in [-0.39, 0.29) is 17.7 Å². The van der Waals surface area contributed by atoms with E-state index in [0.29, 0.717) is 0 Å².